The number of thiazole rings is 1. The summed E-state index contributed by atoms with van der Waals surface area (Å²) in [5.74, 6) is 1.50. The van der Waals surface area contributed by atoms with Crippen molar-refractivity contribution in [2.24, 2.45) is 0 Å². The molecule has 0 bridgehead atoms. The fraction of sp³-hybridized carbons (Fsp3) is 0.429. The molecule has 0 aliphatic heterocycles. The van der Waals surface area contributed by atoms with Crippen LogP contribution in [0.5, 0.6) is 0 Å². The van der Waals surface area contributed by atoms with Crippen LogP contribution in [0, 0.1) is 6.92 Å². The number of anilines is 1. The molecule has 0 atom stereocenters. The maximum absolute atomic E-state index is 5.58. The Hall–Kier alpha value is -2.02. The molecule has 110 valence electrons. The Kier molecular flexibility index (Phi) is 3.83. The first-order valence-electron chi connectivity index (χ1n) is 6.89. The third kappa shape index (κ3) is 2.73. The van der Waals surface area contributed by atoms with Gasteiger partial charge in [0, 0.05) is 31.3 Å². The summed E-state index contributed by atoms with van der Waals surface area (Å²) in [5, 5.41) is 0. The number of nitrogens with zero attached hydrogens (tertiary/aromatic N) is 5. The van der Waals surface area contributed by atoms with Crippen molar-refractivity contribution in [3.8, 4) is 0 Å². The highest BCUT2D eigenvalue weighted by molar-refractivity contribution is 7.09. The Morgan fingerprint density at radius 2 is 2.14 bits per heavy atom. The molecule has 3 rings (SSSR count). The molecule has 0 fully saturated rings. The fourth-order valence-electron chi connectivity index (χ4n) is 2.16. The molecule has 3 aromatic rings. The van der Waals surface area contributed by atoms with Crippen LogP contribution in [0.4, 0.5) is 5.82 Å². The lowest BCUT2D eigenvalue weighted by atomic mass is 10.3. The van der Waals surface area contributed by atoms with Crippen molar-refractivity contribution in [2.75, 3.05) is 18.5 Å². The molecule has 7 heteroatoms. The molecule has 0 aliphatic carbocycles. The number of hydrogen-bond acceptors (Lipinski definition) is 7. The lowest BCUT2D eigenvalue weighted by Gasteiger charge is -2.17. The van der Waals surface area contributed by atoms with Crippen molar-refractivity contribution in [3.05, 3.63) is 28.3 Å². The number of rotatable bonds is 5. The van der Waals surface area contributed by atoms with Crippen LogP contribution in [0.25, 0.3) is 11.2 Å². The van der Waals surface area contributed by atoms with Crippen molar-refractivity contribution in [1.82, 2.24) is 19.9 Å². The quantitative estimate of drug-likeness (QED) is 0.722. The average Bonchev–Trinajstić information content (AvgIpc) is 3.09. The fourth-order valence-corrected chi connectivity index (χ4v) is 2.93. The highest BCUT2D eigenvalue weighted by Crippen LogP contribution is 2.23. The molecule has 0 radical (unpaired) electrons. The van der Waals surface area contributed by atoms with Gasteiger partial charge in [0.1, 0.15) is 6.33 Å². The summed E-state index contributed by atoms with van der Waals surface area (Å²) >= 11 is 1.69. The minimum absolute atomic E-state index is 0.553. The van der Waals surface area contributed by atoms with E-state index in [1.54, 1.807) is 11.3 Å². The number of oxazole rings is 1. The van der Waals surface area contributed by atoms with E-state index in [2.05, 4.69) is 24.8 Å². The first-order chi connectivity index (χ1) is 10.2. The summed E-state index contributed by atoms with van der Waals surface area (Å²) in [6, 6.07) is 0. The summed E-state index contributed by atoms with van der Waals surface area (Å²) in [6.45, 7) is 4.90. The summed E-state index contributed by atoms with van der Waals surface area (Å²) in [5.41, 5.74) is 4.28. The SMILES string of the molecule is CCc1nc2c(N(C)CCc3scnc3C)ncnc2o1. The normalized spacial score (nSPS) is 11.2. The molecule has 3 aromatic heterocycles. The third-order valence-corrected chi connectivity index (χ3v) is 4.40. The standard InChI is InChI=1S/C14H17N5OS/c1-4-11-18-12-13(15-7-16-14(12)20-11)19(3)6-5-10-9(2)17-8-21-10/h7-8H,4-6H2,1-3H3. The van der Waals surface area contributed by atoms with Crippen LogP contribution in [0.15, 0.2) is 16.3 Å². The van der Waals surface area contributed by atoms with Gasteiger partial charge in [-0.25, -0.2) is 15.0 Å². The van der Waals surface area contributed by atoms with Crippen LogP contribution in [-0.4, -0.2) is 33.5 Å². The zero-order valence-electron chi connectivity index (χ0n) is 12.3. The van der Waals surface area contributed by atoms with Gasteiger partial charge < -0.3 is 9.32 Å². The molecule has 6 nitrogen and oxygen atoms in total. The van der Waals surface area contributed by atoms with Crippen molar-refractivity contribution in [1.29, 1.82) is 0 Å². The lowest BCUT2D eigenvalue weighted by Crippen LogP contribution is -2.21. The van der Waals surface area contributed by atoms with Crippen LogP contribution in [0.1, 0.15) is 23.4 Å². The van der Waals surface area contributed by atoms with Crippen molar-refractivity contribution < 1.29 is 4.42 Å². The van der Waals surface area contributed by atoms with Gasteiger partial charge in [0.2, 0.25) is 0 Å². The Bertz CT molecular complexity index is 751. The van der Waals surface area contributed by atoms with Gasteiger partial charge in [0.05, 0.1) is 11.2 Å². The topological polar surface area (TPSA) is 67.9 Å². The van der Waals surface area contributed by atoms with Gasteiger partial charge in [-0.05, 0) is 6.92 Å². The predicted octanol–water partition coefficient (Wildman–Crippen LogP) is 2.62. The Labute approximate surface area is 126 Å². The van der Waals surface area contributed by atoms with Gasteiger partial charge in [0.25, 0.3) is 5.71 Å². The van der Waals surface area contributed by atoms with Crippen LogP contribution >= 0.6 is 11.3 Å². The molecule has 21 heavy (non-hydrogen) atoms. The van der Waals surface area contributed by atoms with E-state index >= 15 is 0 Å². The second-order valence-electron chi connectivity index (χ2n) is 4.84. The summed E-state index contributed by atoms with van der Waals surface area (Å²) in [6.07, 6.45) is 3.22. The smallest absolute Gasteiger partial charge is 0.252 e. The molecule has 0 unspecified atom stereocenters. The molecule has 0 spiro atoms. The van der Waals surface area contributed by atoms with Gasteiger partial charge in [0.15, 0.2) is 17.2 Å². The number of aromatic nitrogens is 4. The molecule has 0 N–H and O–H groups in total. The monoisotopic (exact) mass is 303 g/mol. The van der Waals surface area contributed by atoms with E-state index < -0.39 is 0 Å². The largest absolute Gasteiger partial charge is 0.422 e. The maximum atomic E-state index is 5.58. The lowest BCUT2D eigenvalue weighted by molar-refractivity contribution is 0.529. The zero-order valence-corrected chi connectivity index (χ0v) is 13.1. The van der Waals surface area contributed by atoms with Crippen LogP contribution in [-0.2, 0) is 12.8 Å². The molecular weight excluding hydrogens is 286 g/mol. The Morgan fingerprint density at radius 1 is 1.29 bits per heavy atom. The average molecular weight is 303 g/mol. The molecule has 0 amide bonds. The number of fused-ring (bicyclic) bond motifs is 1. The van der Waals surface area contributed by atoms with E-state index in [0.29, 0.717) is 11.6 Å². The minimum atomic E-state index is 0.553. The summed E-state index contributed by atoms with van der Waals surface area (Å²) in [7, 11) is 2.01. The van der Waals surface area contributed by atoms with Gasteiger partial charge >= 0.3 is 0 Å². The molecule has 3 heterocycles. The zero-order chi connectivity index (χ0) is 14.8. The maximum Gasteiger partial charge on any atom is 0.252 e. The third-order valence-electron chi connectivity index (χ3n) is 3.40. The van der Waals surface area contributed by atoms with Gasteiger partial charge in [-0.15, -0.1) is 11.3 Å². The van der Waals surface area contributed by atoms with Crippen molar-refractivity contribution in [3.63, 3.8) is 0 Å². The molecule has 0 saturated carbocycles. The van der Waals surface area contributed by atoms with E-state index in [1.807, 2.05) is 26.4 Å². The van der Waals surface area contributed by atoms with Gasteiger partial charge in [-0.2, -0.15) is 4.98 Å². The van der Waals surface area contributed by atoms with E-state index in [-0.39, 0.29) is 0 Å². The highest BCUT2D eigenvalue weighted by Gasteiger charge is 2.15. The Balaban J connectivity index is 1.82. The van der Waals surface area contributed by atoms with Gasteiger partial charge in [-0.3, -0.25) is 0 Å². The Morgan fingerprint density at radius 3 is 2.86 bits per heavy atom. The van der Waals surface area contributed by atoms with Crippen LogP contribution < -0.4 is 4.90 Å². The van der Waals surface area contributed by atoms with E-state index in [4.69, 9.17) is 4.42 Å². The summed E-state index contributed by atoms with van der Waals surface area (Å²) in [4.78, 5) is 20.6. The second kappa shape index (κ2) is 5.77. The van der Waals surface area contributed by atoms with E-state index in [9.17, 15) is 0 Å². The molecule has 0 saturated heterocycles. The predicted molar refractivity (Wildman–Crippen MR) is 82.8 cm³/mol. The van der Waals surface area contributed by atoms with Crippen LogP contribution in [0.3, 0.4) is 0 Å². The first-order valence-corrected chi connectivity index (χ1v) is 7.77. The highest BCUT2D eigenvalue weighted by atomic mass is 32.1. The number of aryl methyl sites for hydroxylation is 2. The van der Waals surface area contributed by atoms with Crippen molar-refractivity contribution >= 4 is 28.4 Å². The first kappa shape index (κ1) is 13.9. The molecule has 0 aromatic carbocycles. The van der Waals surface area contributed by atoms with Crippen LogP contribution in [0.2, 0.25) is 0 Å². The molecular formula is C14H17N5OS. The second-order valence-corrected chi connectivity index (χ2v) is 5.78. The van der Waals surface area contributed by atoms with Gasteiger partial charge in [-0.1, -0.05) is 6.92 Å². The van der Waals surface area contributed by atoms with E-state index in [0.717, 1.165) is 36.4 Å². The summed E-state index contributed by atoms with van der Waals surface area (Å²) < 4.78 is 5.58. The van der Waals surface area contributed by atoms with E-state index in [1.165, 1.54) is 11.2 Å². The van der Waals surface area contributed by atoms with Crippen molar-refractivity contribution in [2.45, 2.75) is 26.7 Å². The minimum Gasteiger partial charge on any atom is -0.422 e. The number of likely N-dealkylation sites (N-methyl/N-ethyl adjacent to an activating group) is 1. The molecule has 0 aliphatic rings. The number of hydrogen-bond donors (Lipinski definition) is 0.